The minimum atomic E-state index is 0.0861. The van der Waals surface area contributed by atoms with E-state index >= 15 is 0 Å². The average Bonchev–Trinajstić information content (AvgIpc) is 2.98. The van der Waals surface area contributed by atoms with Gasteiger partial charge in [-0.3, -0.25) is 4.79 Å². The number of anilines is 1. The fourth-order valence-electron chi connectivity index (χ4n) is 2.75. The minimum absolute atomic E-state index is 0.0861. The summed E-state index contributed by atoms with van der Waals surface area (Å²) in [5.41, 5.74) is 1.29. The van der Waals surface area contributed by atoms with Gasteiger partial charge in [0.05, 0.1) is 0 Å². The molecule has 1 amide bonds. The minimum Gasteiger partial charge on any atom is -0.300 e. The Morgan fingerprint density at radius 2 is 2.00 bits per heavy atom. The van der Waals surface area contributed by atoms with Crippen molar-refractivity contribution in [3.05, 3.63) is 48.0 Å². The zero-order chi connectivity index (χ0) is 16.4. The molecular formula is C18H17N3OS2. The Balaban J connectivity index is 1.41. The maximum absolute atomic E-state index is 12.0. The first-order chi connectivity index (χ1) is 11.8. The molecule has 0 saturated heterocycles. The van der Waals surface area contributed by atoms with Crippen LogP contribution in [0.2, 0.25) is 0 Å². The third-order valence-corrected chi connectivity index (χ3v) is 6.36. The molecule has 0 bridgehead atoms. The zero-order valence-electron chi connectivity index (χ0n) is 13.1. The smallest absolute Gasteiger partial charge is 0.229 e. The predicted octanol–water partition coefficient (Wildman–Crippen LogP) is 4.72. The largest absolute Gasteiger partial charge is 0.300 e. The summed E-state index contributed by atoms with van der Waals surface area (Å²) < 4.78 is 0.881. The molecular weight excluding hydrogens is 338 g/mol. The molecule has 0 aliphatic heterocycles. The molecule has 0 radical (unpaired) electrons. The number of nitrogens with one attached hydrogen (secondary N) is 1. The van der Waals surface area contributed by atoms with E-state index in [1.54, 1.807) is 11.8 Å². The first kappa shape index (κ1) is 15.6. The number of amides is 1. The average molecular weight is 355 g/mol. The van der Waals surface area contributed by atoms with Crippen LogP contribution < -0.4 is 5.32 Å². The summed E-state index contributed by atoms with van der Waals surface area (Å²) in [6.07, 6.45) is 3.14. The van der Waals surface area contributed by atoms with Crippen LogP contribution in [-0.4, -0.2) is 16.1 Å². The Labute approximate surface area is 148 Å². The molecule has 4 rings (SSSR count). The standard InChI is InChI=1S/C18H17N3OS2/c22-16(13-7-4-8-13)19-17-20-21-18(24-17)23-11-14-9-3-6-12-5-1-2-10-15(12)14/h1-3,5-6,9-10,13H,4,7-8,11H2,(H,19,20,22). The van der Waals surface area contributed by atoms with Crippen LogP contribution in [0.5, 0.6) is 0 Å². The van der Waals surface area contributed by atoms with E-state index in [0.29, 0.717) is 5.13 Å². The molecule has 1 aliphatic carbocycles. The molecule has 1 saturated carbocycles. The maximum Gasteiger partial charge on any atom is 0.229 e. The van der Waals surface area contributed by atoms with Crippen LogP contribution in [0.4, 0.5) is 5.13 Å². The van der Waals surface area contributed by atoms with Gasteiger partial charge in [-0.15, -0.1) is 10.2 Å². The molecule has 1 N–H and O–H groups in total. The molecule has 4 nitrogen and oxygen atoms in total. The lowest BCUT2D eigenvalue weighted by atomic mass is 9.85. The van der Waals surface area contributed by atoms with E-state index in [2.05, 4.69) is 58.0 Å². The fraction of sp³-hybridized carbons (Fsp3) is 0.278. The monoisotopic (exact) mass is 355 g/mol. The molecule has 24 heavy (non-hydrogen) atoms. The van der Waals surface area contributed by atoms with Crippen LogP contribution in [0.15, 0.2) is 46.8 Å². The quantitative estimate of drug-likeness (QED) is 0.531. The van der Waals surface area contributed by atoms with E-state index in [-0.39, 0.29) is 11.8 Å². The number of hydrogen-bond donors (Lipinski definition) is 1. The lowest BCUT2D eigenvalue weighted by Crippen LogP contribution is -2.27. The third-order valence-electron chi connectivity index (χ3n) is 4.34. The number of fused-ring (bicyclic) bond motifs is 1. The number of carbonyl (C=O) groups excluding carboxylic acids is 1. The Morgan fingerprint density at radius 1 is 1.17 bits per heavy atom. The van der Waals surface area contributed by atoms with Gasteiger partial charge in [0.1, 0.15) is 0 Å². The number of thioether (sulfide) groups is 1. The second-order valence-corrected chi connectivity index (χ2v) is 8.12. The lowest BCUT2D eigenvalue weighted by Gasteiger charge is -2.23. The van der Waals surface area contributed by atoms with Gasteiger partial charge in [0, 0.05) is 11.7 Å². The van der Waals surface area contributed by atoms with E-state index in [1.807, 2.05) is 0 Å². The Bertz CT molecular complexity index is 868. The van der Waals surface area contributed by atoms with Gasteiger partial charge in [-0.1, -0.05) is 72.0 Å². The molecule has 0 spiro atoms. The molecule has 0 unspecified atom stereocenters. The van der Waals surface area contributed by atoms with Crippen molar-refractivity contribution in [2.45, 2.75) is 29.4 Å². The van der Waals surface area contributed by atoms with Crippen molar-refractivity contribution >= 4 is 44.9 Å². The lowest BCUT2D eigenvalue weighted by molar-refractivity contribution is -0.122. The van der Waals surface area contributed by atoms with Crippen molar-refractivity contribution in [2.75, 3.05) is 5.32 Å². The molecule has 1 aromatic heterocycles. The van der Waals surface area contributed by atoms with Crippen molar-refractivity contribution in [3.63, 3.8) is 0 Å². The van der Waals surface area contributed by atoms with E-state index < -0.39 is 0 Å². The van der Waals surface area contributed by atoms with Crippen LogP contribution in [0.25, 0.3) is 10.8 Å². The highest BCUT2D eigenvalue weighted by Gasteiger charge is 2.25. The molecule has 0 atom stereocenters. The third kappa shape index (κ3) is 3.30. The SMILES string of the molecule is O=C(Nc1nnc(SCc2cccc3ccccc23)s1)C1CCC1. The molecule has 1 fully saturated rings. The van der Waals surface area contributed by atoms with Crippen LogP contribution in [-0.2, 0) is 10.5 Å². The van der Waals surface area contributed by atoms with Gasteiger partial charge in [0.2, 0.25) is 11.0 Å². The van der Waals surface area contributed by atoms with E-state index in [0.717, 1.165) is 29.4 Å². The number of rotatable bonds is 5. The number of benzene rings is 2. The molecule has 6 heteroatoms. The first-order valence-corrected chi connectivity index (χ1v) is 9.83. The fourth-order valence-corrected chi connectivity index (χ4v) is 4.51. The van der Waals surface area contributed by atoms with Gasteiger partial charge in [-0.05, 0) is 29.2 Å². The van der Waals surface area contributed by atoms with Crippen molar-refractivity contribution in [1.29, 1.82) is 0 Å². The molecule has 1 heterocycles. The van der Waals surface area contributed by atoms with Crippen LogP contribution in [0, 0.1) is 5.92 Å². The first-order valence-electron chi connectivity index (χ1n) is 8.03. The number of nitrogens with zero attached hydrogens (tertiary/aromatic N) is 2. The second-order valence-electron chi connectivity index (χ2n) is 5.92. The van der Waals surface area contributed by atoms with Crippen molar-refractivity contribution in [3.8, 4) is 0 Å². The van der Waals surface area contributed by atoms with Gasteiger partial charge in [-0.25, -0.2) is 0 Å². The number of carbonyl (C=O) groups is 1. The highest BCUT2D eigenvalue weighted by Crippen LogP contribution is 2.32. The summed E-state index contributed by atoms with van der Waals surface area (Å²) in [6.45, 7) is 0. The summed E-state index contributed by atoms with van der Waals surface area (Å²) in [6, 6.07) is 14.8. The Kier molecular flexibility index (Phi) is 4.49. The number of hydrogen-bond acceptors (Lipinski definition) is 5. The zero-order valence-corrected chi connectivity index (χ0v) is 14.7. The van der Waals surface area contributed by atoms with Crippen molar-refractivity contribution in [1.82, 2.24) is 10.2 Å². The molecule has 1 aliphatic rings. The van der Waals surface area contributed by atoms with Crippen LogP contribution in [0.1, 0.15) is 24.8 Å². The van der Waals surface area contributed by atoms with Gasteiger partial charge < -0.3 is 5.32 Å². The molecule has 122 valence electrons. The topological polar surface area (TPSA) is 54.9 Å². The number of aromatic nitrogens is 2. The Hall–Kier alpha value is -1.92. The Morgan fingerprint density at radius 3 is 2.83 bits per heavy atom. The second kappa shape index (κ2) is 6.91. The van der Waals surface area contributed by atoms with E-state index in [4.69, 9.17) is 0 Å². The highest BCUT2D eigenvalue weighted by atomic mass is 32.2. The van der Waals surface area contributed by atoms with Gasteiger partial charge in [0.25, 0.3) is 0 Å². The van der Waals surface area contributed by atoms with Crippen molar-refractivity contribution in [2.24, 2.45) is 5.92 Å². The summed E-state index contributed by atoms with van der Waals surface area (Å²) >= 11 is 3.10. The normalized spacial score (nSPS) is 14.5. The van der Waals surface area contributed by atoms with Gasteiger partial charge >= 0.3 is 0 Å². The van der Waals surface area contributed by atoms with Gasteiger partial charge in [-0.2, -0.15) is 0 Å². The predicted molar refractivity (Wildman–Crippen MR) is 99.4 cm³/mol. The molecule has 3 aromatic rings. The van der Waals surface area contributed by atoms with E-state index in [9.17, 15) is 4.79 Å². The van der Waals surface area contributed by atoms with Gasteiger partial charge in [0.15, 0.2) is 4.34 Å². The van der Waals surface area contributed by atoms with E-state index in [1.165, 1.54) is 27.7 Å². The summed E-state index contributed by atoms with van der Waals surface area (Å²) in [5, 5.41) is 14.3. The highest BCUT2D eigenvalue weighted by molar-refractivity contribution is 8.00. The van der Waals surface area contributed by atoms with Crippen LogP contribution in [0.3, 0.4) is 0 Å². The summed E-state index contributed by atoms with van der Waals surface area (Å²) in [7, 11) is 0. The molecule has 2 aromatic carbocycles. The maximum atomic E-state index is 12.0. The van der Waals surface area contributed by atoms with Crippen LogP contribution >= 0.6 is 23.1 Å². The van der Waals surface area contributed by atoms with Crippen molar-refractivity contribution < 1.29 is 4.79 Å². The summed E-state index contributed by atoms with van der Waals surface area (Å²) in [4.78, 5) is 12.0. The summed E-state index contributed by atoms with van der Waals surface area (Å²) in [5.74, 6) is 1.09.